The Morgan fingerprint density at radius 1 is 1.11 bits per heavy atom. The van der Waals surface area contributed by atoms with E-state index in [0.29, 0.717) is 11.5 Å². The molecule has 2 aliphatic carbocycles. The van der Waals surface area contributed by atoms with Gasteiger partial charge in [-0.05, 0) is 43.9 Å². The van der Waals surface area contributed by atoms with E-state index in [9.17, 15) is 0 Å². The Morgan fingerprint density at radius 3 is 2.33 bits per heavy atom. The third-order valence-corrected chi connectivity index (χ3v) is 5.52. The van der Waals surface area contributed by atoms with E-state index in [4.69, 9.17) is 5.73 Å². The maximum atomic E-state index is 6.21. The van der Waals surface area contributed by atoms with Crippen molar-refractivity contribution in [3.05, 3.63) is 0 Å². The number of hydrogen-bond donors (Lipinski definition) is 1. The summed E-state index contributed by atoms with van der Waals surface area (Å²) in [5, 5.41) is 0. The molecule has 0 bridgehead atoms. The number of rotatable bonds is 1. The first-order chi connectivity index (χ1) is 8.53. The van der Waals surface area contributed by atoms with Crippen LogP contribution in [-0.2, 0) is 0 Å². The van der Waals surface area contributed by atoms with Gasteiger partial charge in [0.05, 0.1) is 12.1 Å². The minimum Gasteiger partial charge on any atom is -0.370 e. The van der Waals surface area contributed by atoms with Crippen LogP contribution in [0.5, 0.6) is 0 Å². The van der Waals surface area contributed by atoms with Crippen molar-refractivity contribution >= 4 is 5.96 Å². The van der Waals surface area contributed by atoms with Gasteiger partial charge in [-0.15, -0.1) is 0 Å². The smallest absolute Gasteiger partial charge is 0.192 e. The summed E-state index contributed by atoms with van der Waals surface area (Å²) in [5.41, 5.74) is 7.01. The lowest BCUT2D eigenvalue weighted by Gasteiger charge is -2.49. The SMILES string of the molecule is CC1(C)CCC2(CC1)CN=C(N)N2C1CCCC1. The molecule has 0 aromatic rings. The minimum absolute atomic E-state index is 0.286. The molecule has 3 rings (SSSR count). The molecule has 1 heterocycles. The largest absolute Gasteiger partial charge is 0.370 e. The van der Waals surface area contributed by atoms with Crippen LogP contribution in [-0.4, -0.2) is 29.0 Å². The molecule has 3 aliphatic rings. The van der Waals surface area contributed by atoms with E-state index in [0.717, 1.165) is 12.5 Å². The Labute approximate surface area is 111 Å². The molecule has 1 aliphatic heterocycles. The van der Waals surface area contributed by atoms with Crippen molar-refractivity contribution in [1.82, 2.24) is 4.90 Å². The summed E-state index contributed by atoms with van der Waals surface area (Å²) in [6, 6.07) is 0.678. The summed E-state index contributed by atoms with van der Waals surface area (Å²) in [7, 11) is 0. The highest BCUT2D eigenvalue weighted by molar-refractivity contribution is 5.81. The fraction of sp³-hybridized carbons (Fsp3) is 0.933. The van der Waals surface area contributed by atoms with Gasteiger partial charge in [-0.2, -0.15) is 0 Å². The molecule has 3 nitrogen and oxygen atoms in total. The molecule has 0 aromatic heterocycles. The Morgan fingerprint density at radius 2 is 1.72 bits per heavy atom. The molecule has 0 radical (unpaired) electrons. The first kappa shape index (κ1) is 12.3. The maximum Gasteiger partial charge on any atom is 0.192 e. The molecule has 102 valence electrons. The summed E-state index contributed by atoms with van der Waals surface area (Å²) in [5.74, 6) is 0.835. The van der Waals surface area contributed by atoms with Gasteiger partial charge in [0.25, 0.3) is 0 Å². The molecule has 2 fully saturated rings. The van der Waals surface area contributed by atoms with Gasteiger partial charge in [0.2, 0.25) is 0 Å². The van der Waals surface area contributed by atoms with Crippen molar-refractivity contribution in [3.8, 4) is 0 Å². The van der Waals surface area contributed by atoms with Gasteiger partial charge in [0.15, 0.2) is 5.96 Å². The van der Waals surface area contributed by atoms with Crippen LogP contribution in [0.4, 0.5) is 0 Å². The second-order valence-electron chi connectivity index (χ2n) is 7.37. The molecular formula is C15H27N3. The number of nitrogens with zero attached hydrogens (tertiary/aromatic N) is 2. The molecule has 2 saturated carbocycles. The molecule has 0 saturated heterocycles. The van der Waals surface area contributed by atoms with Crippen LogP contribution in [0.25, 0.3) is 0 Å². The normalized spacial score (nSPS) is 31.0. The van der Waals surface area contributed by atoms with Gasteiger partial charge in [0.1, 0.15) is 0 Å². The standard InChI is InChI=1S/C15H27N3/c1-14(2)7-9-15(10-8-14)11-17-13(16)18(15)12-5-3-4-6-12/h12H,3-11H2,1-2H3,(H2,16,17). The highest BCUT2D eigenvalue weighted by atomic mass is 15.4. The van der Waals surface area contributed by atoms with Gasteiger partial charge in [-0.1, -0.05) is 26.7 Å². The molecule has 2 N–H and O–H groups in total. The fourth-order valence-corrected chi connectivity index (χ4v) is 4.15. The van der Waals surface area contributed by atoms with Crippen LogP contribution in [0, 0.1) is 5.41 Å². The molecule has 0 atom stereocenters. The third kappa shape index (κ3) is 1.92. The number of hydrogen-bond acceptors (Lipinski definition) is 3. The maximum absolute atomic E-state index is 6.21. The quantitative estimate of drug-likeness (QED) is 0.776. The molecule has 0 unspecified atom stereocenters. The average Bonchev–Trinajstić information content (AvgIpc) is 2.92. The number of guanidine groups is 1. The highest BCUT2D eigenvalue weighted by Crippen LogP contribution is 2.46. The van der Waals surface area contributed by atoms with Crippen LogP contribution in [0.2, 0.25) is 0 Å². The lowest BCUT2D eigenvalue weighted by Crippen LogP contribution is -2.57. The van der Waals surface area contributed by atoms with E-state index in [2.05, 4.69) is 23.7 Å². The Kier molecular flexibility index (Phi) is 2.83. The fourth-order valence-electron chi connectivity index (χ4n) is 4.15. The average molecular weight is 249 g/mol. The van der Waals surface area contributed by atoms with Crippen molar-refractivity contribution in [2.24, 2.45) is 16.1 Å². The van der Waals surface area contributed by atoms with E-state index < -0.39 is 0 Å². The third-order valence-electron chi connectivity index (χ3n) is 5.52. The van der Waals surface area contributed by atoms with Gasteiger partial charge in [-0.3, -0.25) is 4.99 Å². The summed E-state index contributed by atoms with van der Waals surface area (Å²) in [6.07, 6.45) is 10.6. The van der Waals surface area contributed by atoms with Gasteiger partial charge >= 0.3 is 0 Å². The zero-order valence-electron chi connectivity index (χ0n) is 11.9. The zero-order valence-corrected chi connectivity index (χ0v) is 11.9. The van der Waals surface area contributed by atoms with Crippen molar-refractivity contribution in [1.29, 1.82) is 0 Å². The van der Waals surface area contributed by atoms with Crippen molar-refractivity contribution in [2.75, 3.05) is 6.54 Å². The Bertz CT molecular complexity index is 343. The van der Waals surface area contributed by atoms with Crippen molar-refractivity contribution in [2.45, 2.75) is 76.8 Å². The molecular weight excluding hydrogens is 222 g/mol. The highest BCUT2D eigenvalue weighted by Gasteiger charge is 2.48. The predicted molar refractivity (Wildman–Crippen MR) is 75.6 cm³/mol. The monoisotopic (exact) mass is 249 g/mol. The van der Waals surface area contributed by atoms with Gasteiger partial charge < -0.3 is 10.6 Å². The summed E-state index contributed by atoms with van der Waals surface area (Å²) in [6.45, 7) is 5.75. The summed E-state index contributed by atoms with van der Waals surface area (Å²) in [4.78, 5) is 7.14. The van der Waals surface area contributed by atoms with E-state index >= 15 is 0 Å². The first-order valence-electron chi connectivity index (χ1n) is 7.62. The Balaban J connectivity index is 1.79. The molecule has 18 heavy (non-hydrogen) atoms. The topological polar surface area (TPSA) is 41.6 Å². The zero-order chi connectivity index (χ0) is 12.8. The number of aliphatic imine (C=N–C) groups is 1. The lowest BCUT2D eigenvalue weighted by molar-refractivity contribution is 0.0594. The first-order valence-corrected chi connectivity index (χ1v) is 7.62. The van der Waals surface area contributed by atoms with Crippen LogP contribution in [0.1, 0.15) is 65.2 Å². The summed E-state index contributed by atoms with van der Waals surface area (Å²) >= 11 is 0. The Hall–Kier alpha value is -0.730. The van der Waals surface area contributed by atoms with Gasteiger partial charge in [0, 0.05) is 6.04 Å². The molecule has 0 amide bonds. The van der Waals surface area contributed by atoms with Crippen LogP contribution in [0.3, 0.4) is 0 Å². The van der Waals surface area contributed by atoms with E-state index in [-0.39, 0.29) is 5.54 Å². The minimum atomic E-state index is 0.286. The lowest BCUT2D eigenvalue weighted by atomic mass is 9.68. The second-order valence-corrected chi connectivity index (χ2v) is 7.37. The number of nitrogens with two attached hydrogens (primary N) is 1. The molecule has 0 aromatic carbocycles. The van der Waals surface area contributed by atoms with Crippen LogP contribution in [0.15, 0.2) is 4.99 Å². The van der Waals surface area contributed by atoms with Gasteiger partial charge in [-0.25, -0.2) is 0 Å². The van der Waals surface area contributed by atoms with Crippen LogP contribution >= 0.6 is 0 Å². The van der Waals surface area contributed by atoms with E-state index in [1.165, 1.54) is 51.4 Å². The second kappa shape index (κ2) is 4.14. The van der Waals surface area contributed by atoms with E-state index in [1.807, 2.05) is 0 Å². The van der Waals surface area contributed by atoms with Crippen LogP contribution < -0.4 is 5.73 Å². The van der Waals surface area contributed by atoms with Crippen molar-refractivity contribution in [3.63, 3.8) is 0 Å². The molecule has 3 heteroatoms. The van der Waals surface area contributed by atoms with E-state index in [1.54, 1.807) is 0 Å². The predicted octanol–water partition coefficient (Wildman–Crippen LogP) is 2.90. The molecule has 1 spiro atoms. The van der Waals surface area contributed by atoms with Crippen molar-refractivity contribution < 1.29 is 0 Å². The summed E-state index contributed by atoms with van der Waals surface area (Å²) < 4.78 is 0.